The van der Waals surface area contributed by atoms with Crippen LogP contribution in [-0.2, 0) is 0 Å². The topological polar surface area (TPSA) is 59.4 Å². The van der Waals surface area contributed by atoms with Crippen molar-refractivity contribution in [3.8, 4) is 10.9 Å². The van der Waals surface area contributed by atoms with Gasteiger partial charge < -0.3 is 9.84 Å². The van der Waals surface area contributed by atoms with Crippen LogP contribution in [-0.4, -0.2) is 16.1 Å². The van der Waals surface area contributed by atoms with Crippen LogP contribution in [0.1, 0.15) is 10.4 Å². The number of carbonyl (C=O) groups is 1. The highest BCUT2D eigenvalue weighted by Crippen LogP contribution is 2.28. The Kier molecular flexibility index (Phi) is 3.39. The normalized spacial score (nSPS) is 10.2. The van der Waals surface area contributed by atoms with Crippen LogP contribution < -0.4 is 4.74 Å². The molecule has 0 atom stereocenters. The highest BCUT2D eigenvalue weighted by Gasteiger charge is 2.11. The number of aromatic carboxylic acids is 1. The molecule has 0 aliphatic carbocycles. The van der Waals surface area contributed by atoms with Crippen LogP contribution in [0.4, 0.5) is 4.39 Å². The number of thiazole rings is 1. The minimum absolute atomic E-state index is 0.203. The van der Waals surface area contributed by atoms with Gasteiger partial charge in [-0.2, -0.15) is 4.98 Å². The lowest BCUT2D eigenvalue weighted by molar-refractivity contribution is 0.0692. The number of carboxylic acid groups (broad SMARTS) is 1. The molecule has 0 saturated carbocycles. The largest absolute Gasteiger partial charge is 0.478 e. The van der Waals surface area contributed by atoms with Gasteiger partial charge in [0.05, 0.1) is 5.56 Å². The number of rotatable bonds is 3. The van der Waals surface area contributed by atoms with Gasteiger partial charge in [-0.1, -0.05) is 11.3 Å². The SMILES string of the molecule is O=C(O)c1ccc(Oc2nc(Br)cs2)cc1F. The maximum Gasteiger partial charge on any atom is 0.338 e. The molecule has 0 unspecified atom stereocenters. The van der Waals surface area contributed by atoms with Crippen LogP contribution in [0.5, 0.6) is 10.9 Å². The first-order chi connectivity index (χ1) is 8.06. The van der Waals surface area contributed by atoms with Crippen molar-refractivity contribution < 1.29 is 19.0 Å². The third kappa shape index (κ3) is 2.80. The molecule has 4 nitrogen and oxygen atoms in total. The minimum atomic E-state index is -1.31. The summed E-state index contributed by atoms with van der Waals surface area (Å²) >= 11 is 4.40. The standard InChI is InChI=1S/C10H5BrFNO3S/c11-8-4-17-10(13-8)16-5-1-2-6(9(14)15)7(12)3-5/h1-4H,(H,14,15). The van der Waals surface area contributed by atoms with Gasteiger partial charge in [-0.3, -0.25) is 0 Å². The molecule has 1 aromatic heterocycles. The molecule has 0 radical (unpaired) electrons. The summed E-state index contributed by atoms with van der Waals surface area (Å²) in [5, 5.41) is 10.7. The number of aromatic nitrogens is 1. The zero-order valence-corrected chi connectivity index (χ0v) is 10.6. The number of halogens is 2. The van der Waals surface area contributed by atoms with Crippen molar-refractivity contribution in [1.29, 1.82) is 0 Å². The molecular weight excluding hydrogens is 313 g/mol. The van der Waals surface area contributed by atoms with E-state index in [2.05, 4.69) is 20.9 Å². The Hall–Kier alpha value is -1.47. The molecule has 0 fully saturated rings. The van der Waals surface area contributed by atoms with Gasteiger partial charge in [-0.05, 0) is 28.1 Å². The summed E-state index contributed by atoms with van der Waals surface area (Å²) in [4.78, 5) is 14.6. The lowest BCUT2D eigenvalue weighted by Crippen LogP contribution is -2.00. The summed E-state index contributed by atoms with van der Waals surface area (Å²) in [7, 11) is 0. The Bertz CT molecular complexity index is 572. The summed E-state index contributed by atoms with van der Waals surface area (Å²) in [6.45, 7) is 0. The molecule has 0 amide bonds. The quantitative estimate of drug-likeness (QED) is 0.940. The van der Waals surface area contributed by atoms with E-state index in [9.17, 15) is 9.18 Å². The smallest absolute Gasteiger partial charge is 0.338 e. The van der Waals surface area contributed by atoms with Gasteiger partial charge in [-0.25, -0.2) is 9.18 Å². The Morgan fingerprint density at radius 3 is 2.82 bits per heavy atom. The highest BCUT2D eigenvalue weighted by atomic mass is 79.9. The van der Waals surface area contributed by atoms with Crippen molar-refractivity contribution in [3.05, 3.63) is 39.6 Å². The Balaban J connectivity index is 2.23. The first-order valence-corrected chi connectivity index (χ1v) is 6.05. The third-order valence-corrected chi connectivity index (χ3v) is 3.26. The molecule has 1 N–H and O–H groups in total. The van der Waals surface area contributed by atoms with Crippen molar-refractivity contribution in [2.24, 2.45) is 0 Å². The van der Waals surface area contributed by atoms with E-state index < -0.39 is 17.3 Å². The molecule has 1 heterocycles. The van der Waals surface area contributed by atoms with E-state index >= 15 is 0 Å². The summed E-state index contributed by atoms with van der Waals surface area (Å²) in [6, 6.07) is 3.54. The number of nitrogens with zero attached hydrogens (tertiary/aromatic N) is 1. The first kappa shape index (κ1) is 12.0. The van der Waals surface area contributed by atoms with E-state index in [0.717, 1.165) is 12.1 Å². The summed E-state index contributed by atoms with van der Waals surface area (Å²) in [6.07, 6.45) is 0. The van der Waals surface area contributed by atoms with E-state index in [1.54, 1.807) is 5.38 Å². The van der Waals surface area contributed by atoms with E-state index in [0.29, 0.717) is 9.80 Å². The molecule has 0 aliphatic heterocycles. The molecule has 0 saturated heterocycles. The van der Waals surface area contributed by atoms with Gasteiger partial charge in [0, 0.05) is 11.4 Å². The molecule has 1 aromatic carbocycles. The number of carboxylic acids is 1. The van der Waals surface area contributed by atoms with Crippen molar-refractivity contribution >= 4 is 33.2 Å². The van der Waals surface area contributed by atoms with Gasteiger partial charge in [0.15, 0.2) is 0 Å². The molecule has 2 aromatic rings. The second-order valence-corrected chi connectivity index (χ2v) is 4.62. The van der Waals surface area contributed by atoms with Gasteiger partial charge in [0.1, 0.15) is 16.2 Å². The number of hydrogen-bond donors (Lipinski definition) is 1. The van der Waals surface area contributed by atoms with Gasteiger partial charge in [0.2, 0.25) is 0 Å². The summed E-state index contributed by atoms with van der Waals surface area (Å²) in [5.41, 5.74) is -0.391. The highest BCUT2D eigenvalue weighted by molar-refractivity contribution is 9.10. The molecule has 0 spiro atoms. The minimum Gasteiger partial charge on any atom is -0.478 e. The van der Waals surface area contributed by atoms with E-state index in [1.807, 2.05) is 0 Å². The molecule has 0 aliphatic rings. The van der Waals surface area contributed by atoms with Crippen LogP contribution in [0.2, 0.25) is 0 Å². The second kappa shape index (κ2) is 4.80. The Labute approximate surface area is 108 Å². The number of hydrogen-bond acceptors (Lipinski definition) is 4. The fourth-order valence-electron chi connectivity index (χ4n) is 1.12. The van der Waals surface area contributed by atoms with E-state index in [-0.39, 0.29) is 5.75 Å². The Morgan fingerprint density at radius 1 is 1.53 bits per heavy atom. The van der Waals surface area contributed by atoms with Crippen molar-refractivity contribution in [3.63, 3.8) is 0 Å². The predicted molar refractivity (Wildman–Crippen MR) is 63.2 cm³/mol. The second-order valence-electron chi connectivity index (χ2n) is 2.99. The summed E-state index contributed by atoms with van der Waals surface area (Å²) in [5.74, 6) is -1.95. The monoisotopic (exact) mass is 317 g/mol. The van der Waals surface area contributed by atoms with Crippen LogP contribution in [0.3, 0.4) is 0 Å². The van der Waals surface area contributed by atoms with Gasteiger partial charge >= 0.3 is 5.97 Å². The lowest BCUT2D eigenvalue weighted by Gasteiger charge is -2.03. The first-order valence-electron chi connectivity index (χ1n) is 4.38. The fourth-order valence-corrected chi connectivity index (χ4v) is 2.22. The Morgan fingerprint density at radius 2 is 2.29 bits per heavy atom. The lowest BCUT2D eigenvalue weighted by atomic mass is 10.2. The zero-order chi connectivity index (χ0) is 12.4. The zero-order valence-electron chi connectivity index (χ0n) is 8.18. The summed E-state index contributed by atoms with van der Waals surface area (Å²) < 4.78 is 19.2. The van der Waals surface area contributed by atoms with Crippen molar-refractivity contribution in [2.45, 2.75) is 0 Å². The fraction of sp³-hybridized carbons (Fsp3) is 0. The van der Waals surface area contributed by atoms with Crippen LogP contribution in [0.15, 0.2) is 28.2 Å². The van der Waals surface area contributed by atoms with Crippen molar-refractivity contribution in [1.82, 2.24) is 4.98 Å². The molecule has 0 bridgehead atoms. The van der Waals surface area contributed by atoms with Crippen LogP contribution >= 0.6 is 27.3 Å². The molecule has 17 heavy (non-hydrogen) atoms. The predicted octanol–water partition coefficient (Wildman–Crippen LogP) is 3.54. The van der Waals surface area contributed by atoms with Crippen LogP contribution in [0, 0.1) is 5.82 Å². The molecule has 7 heteroatoms. The van der Waals surface area contributed by atoms with E-state index in [1.165, 1.54) is 17.4 Å². The average molecular weight is 318 g/mol. The average Bonchev–Trinajstić information content (AvgIpc) is 2.63. The van der Waals surface area contributed by atoms with Gasteiger partial charge in [-0.15, -0.1) is 0 Å². The van der Waals surface area contributed by atoms with Crippen LogP contribution in [0.25, 0.3) is 0 Å². The maximum absolute atomic E-state index is 13.3. The van der Waals surface area contributed by atoms with Crippen molar-refractivity contribution in [2.75, 3.05) is 0 Å². The molecule has 2 rings (SSSR count). The third-order valence-electron chi connectivity index (χ3n) is 1.83. The number of benzene rings is 1. The van der Waals surface area contributed by atoms with E-state index in [4.69, 9.17) is 9.84 Å². The molecular formula is C10H5BrFNO3S. The molecule has 88 valence electrons. The maximum atomic E-state index is 13.3. The number of ether oxygens (including phenoxy) is 1. The van der Waals surface area contributed by atoms with Gasteiger partial charge in [0.25, 0.3) is 5.19 Å².